The fourth-order valence-corrected chi connectivity index (χ4v) is 2.75. The number of carbonyl (C=O) groups excluding carboxylic acids is 1. The Balaban J connectivity index is 1.92. The molecule has 1 saturated heterocycles. The Hall–Kier alpha value is -0.940. The summed E-state index contributed by atoms with van der Waals surface area (Å²) in [7, 11) is 0. The third-order valence-electron chi connectivity index (χ3n) is 3.10. The number of piperidine rings is 1. The molecular formula is C12H19N3OS. The van der Waals surface area contributed by atoms with Crippen molar-refractivity contribution in [2.75, 3.05) is 6.54 Å². The van der Waals surface area contributed by atoms with Gasteiger partial charge in [0, 0.05) is 17.0 Å². The molecule has 0 unspecified atom stereocenters. The molecule has 2 atom stereocenters. The van der Waals surface area contributed by atoms with Gasteiger partial charge >= 0.3 is 0 Å². The van der Waals surface area contributed by atoms with Gasteiger partial charge in [0.25, 0.3) is 5.91 Å². The van der Waals surface area contributed by atoms with E-state index in [0.29, 0.717) is 11.7 Å². The quantitative estimate of drug-likeness (QED) is 0.860. The standard InChI is InChI=1S/C12H19N3OS/c1-3-10-7-11(15-17-10)12(16)14-9-4-5-13-8(2)6-9/h7-9,13H,3-6H2,1-2H3,(H,14,16)/t8-,9+/m0/s1. The molecule has 1 amide bonds. The molecule has 4 nitrogen and oxygen atoms in total. The number of nitrogens with zero attached hydrogens (tertiary/aromatic N) is 1. The van der Waals surface area contributed by atoms with Crippen molar-refractivity contribution in [3.05, 3.63) is 16.6 Å². The molecule has 2 heterocycles. The van der Waals surface area contributed by atoms with Crippen molar-refractivity contribution >= 4 is 17.4 Å². The number of amides is 1. The second kappa shape index (κ2) is 5.60. The third kappa shape index (κ3) is 3.26. The lowest BCUT2D eigenvalue weighted by Crippen LogP contribution is -2.46. The molecular weight excluding hydrogens is 234 g/mol. The molecule has 0 aromatic carbocycles. The summed E-state index contributed by atoms with van der Waals surface area (Å²) in [5.74, 6) is -0.0277. The summed E-state index contributed by atoms with van der Waals surface area (Å²) in [5.41, 5.74) is 0.568. The average molecular weight is 253 g/mol. The van der Waals surface area contributed by atoms with E-state index in [-0.39, 0.29) is 11.9 Å². The highest BCUT2D eigenvalue weighted by Gasteiger charge is 2.21. The van der Waals surface area contributed by atoms with Gasteiger partial charge in [-0.25, -0.2) is 0 Å². The lowest BCUT2D eigenvalue weighted by atomic mass is 10.0. The van der Waals surface area contributed by atoms with Crippen LogP contribution in [0, 0.1) is 0 Å². The summed E-state index contributed by atoms with van der Waals surface area (Å²) in [4.78, 5) is 13.1. The van der Waals surface area contributed by atoms with E-state index in [0.717, 1.165) is 30.7 Å². The van der Waals surface area contributed by atoms with Gasteiger partial charge in [-0.05, 0) is 50.3 Å². The fraction of sp³-hybridized carbons (Fsp3) is 0.667. The average Bonchev–Trinajstić information content (AvgIpc) is 2.77. The van der Waals surface area contributed by atoms with Crippen molar-refractivity contribution in [1.29, 1.82) is 0 Å². The number of aromatic nitrogens is 1. The van der Waals surface area contributed by atoms with Crippen LogP contribution in [0.1, 0.15) is 42.1 Å². The Labute approximate surface area is 106 Å². The summed E-state index contributed by atoms with van der Waals surface area (Å²) >= 11 is 1.42. The molecule has 1 fully saturated rings. The summed E-state index contributed by atoms with van der Waals surface area (Å²) < 4.78 is 4.19. The van der Waals surface area contributed by atoms with Gasteiger partial charge < -0.3 is 10.6 Å². The van der Waals surface area contributed by atoms with E-state index in [4.69, 9.17) is 0 Å². The van der Waals surface area contributed by atoms with E-state index in [1.165, 1.54) is 11.5 Å². The highest BCUT2D eigenvalue weighted by Crippen LogP contribution is 2.12. The van der Waals surface area contributed by atoms with Crippen LogP contribution in [0.25, 0.3) is 0 Å². The minimum Gasteiger partial charge on any atom is -0.348 e. The van der Waals surface area contributed by atoms with Crippen molar-refractivity contribution in [1.82, 2.24) is 15.0 Å². The van der Waals surface area contributed by atoms with Crippen LogP contribution in [0.15, 0.2) is 6.07 Å². The molecule has 94 valence electrons. The van der Waals surface area contributed by atoms with E-state index in [1.807, 2.05) is 6.07 Å². The predicted octanol–water partition coefficient (Wildman–Crippen LogP) is 1.58. The van der Waals surface area contributed by atoms with Gasteiger partial charge in [-0.1, -0.05) is 6.92 Å². The van der Waals surface area contributed by atoms with Gasteiger partial charge in [-0.2, -0.15) is 4.37 Å². The largest absolute Gasteiger partial charge is 0.348 e. The van der Waals surface area contributed by atoms with Crippen LogP contribution in [0.5, 0.6) is 0 Å². The SMILES string of the molecule is CCc1cc(C(=O)N[C@@H]2CCN[C@@H](C)C2)ns1. The maximum Gasteiger partial charge on any atom is 0.271 e. The number of hydrogen-bond acceptors (Lipinski definition) is 4. The van der Waals surface area contributed by atoms with Gasteiger partial charge in [0.15, 0.2) is 0 Å². The topological polar surface area (TPSA) is 54.0 Å². The Kier molecular flexibility index (Phi) is 4.12. The lowest BCUT2D eigenvalue weighted by Gasteiger charge is -2.28. The molecule has 1 aliphatic heterocycles. The van der Waals surface area contributed by atoms with E-state index in [9.17, 15) is 4.79 Å². The first-order chi connectivity index (χ1) is 8.19. The molecule has 0 spiro atoms. The van der Waals surface area contributed by atoms with Crippen molar-refractivity contribution in [3.8, 4) is 0 Å². The zero-order valence-corrected chi connectivity index (χ0v) is 11.1. The maximum atomic E-state index is 12.0. The van der Waals surface area contributed by atoms with Crippen LogP contribution in [-0.2, 0) is 6.42 Å². The lowest BCUT2D eigenvalue weighted by molar-refractivity contribution is 0.0921. The number of hydrogen-bond donors (Lipinski definition) is 2. The number of nitrogens with one attached hydrogen (secondary N) is 2. The van der Waals surface area contributed by atoms with E-state index < -0.39 is 0 Å². The minimum atomic E-state index is -0.0277. The second-order valence-electron chi connectivity index (χ2n) is 4.58. The van der Waals surface area contributed by atoms with Gasteiger partial charge in [0.05, 0.1) is 0 Å². The Morgan fingerprint density at radius 2 is 2.53 bits per heavy atom. The Bertz CT molecular complexity index is 391. The molecule has 0 radical (unpaired) electrons. The summed E-state index contributed by atoms with van der Waals surface area (Å²) in [6, 6.07) is 2.66. The first-order valence-corrected chi connectivity index (χ1v) is 6.96. The highest BCUT2D eigenvalue weighted by molar-refractivity contribution is 7.05. The molecule has 17 heavy (non-hydrogen) atoms. The van der Waals surface area contributed by atoms with E-state index >= 15 is 0 Å². The van der Waals surface area contributed by atoms with Gasteiger partial charge in [-0.15, -0.1) is 0 Å². The van der Waals surface area contributed by atoms with Crippen LogP contribution in [0.4, 0.5) is 0 Å². The van der Waals surface area contributed by atoms with Crippen LogP contribution in [-0.4, -0.2) is 28.9 Å². The van der Waals surface area contributed by atoms with Crippen molar-refractivity contribution < 1.29 is 4.79 Å². The number of rotatable bonds is 3. The monoisotopic (exact) mass is 253 g/mol. The zero-order valence-electron chi connectivity index (χ0n) is 10.3. The molecule has 0 bridgehead atoms. The van der Waals surface area contributed by atoms with E-state index in [2.05, 4.69) is 28.9 Å². The molecule has 1 aromatic heterocycles. The first kappa shape index (κ1) is 12.5. The summed E-state index contributed by atoms with van der Waals surface area (Å²) in [6.45, 7) is 5.20. The molecule has 1 aliphatic rings. The molecule has 0 aliphatic carbocycles. The second-order valence-corrected chi connectivity index (χ2v) is 5.47. The molecule has 2 rings (SSSR count). The van der Waals surface area contributed by atoms with Gasteiger partial charge in [0.1, 0.15) is 5.69 Å². The first-order valence-electron chi connectivity index (χ1n) is 6.19. The third-order valence-corrected chi connectivity index (χ3v) is 4.03. The van der Waals surface area contributed by atoms with Crippen LogP contribution >= 0.6 is 11.5 Å². The van der Waals surface area contributed by atoms with Crippen molar-refractivity contribution in [2.45, 2.75) is 45.2 Å². The fourth-order valence-electron chi connectivity index (χ4n) is 2.11. The van der Waals surface area contributed by atoms with Crippen LogP contribution in [0.3, 0.4) is 0 Å². The number of carbonyl (C=O) groups is 1. The van der Waals surface area contributed by atoms with Crippen molar-refractivity contribution in [3.63, 3.8) is 0 Å². The number of aryl methyl sites for hydroxylation is 1. The minimum absolute atomic E-state index is 0.0277. The summed E-state index contributed by atoms with van der Waals surface area (Å²) in [5, 5.41) is 6.44. The molecule has 2 N–H and O–H groups in total. The predicted molar refractivity (Wildman–Crippen MR) is 69.4 cm³/mol. The highest BCUT2D eigenvalue weighted by atomic mass is 32.1. The zero-order chi connectivity index (χ0) is 12.3. The maximum absolute atomic E-state index is 12.0. The van der Waals surface area contributed by atoms with Crippen LogP contribution in [0.2, 0.25) is 0 Å². The summed E-state index contributed by atoms with van der Waals surface area (Å²) in [6.07, 6.45) is 2.94. The van der Waals surface area contributed by atoms with Gasteiger partial charge in [0.2, 0.25) is 0 Å². The Morgan fingerprint density at radius 3 is 3.18 bits per heavy atom. The Morgan fingerprint density at radius 1 is 1.71 bits per heavy atom. The normalized spacial score (nSPS) is 24.6. The smallest absolute Gasteiger partial charge is 0.271 e. The molecule has 0 saturated carbocycles. The molecule has 1 aromatic rings. The van der Waals surface area contributed by atoms with Crippen molar-refractivity contribution in [2.24, 2.45) is 0 Å². The van der Waals surface area contributed by atoms with Crippen LogP contribution < -0.4 is 10.6 Å². The molecule has 5 heteroatoms. The van der Waals surface area contributed by atoms with E-state index in [1.54, 1.807) is 0 Å². The van der Waals surface area contributed by atoms with Gasteiger partial charge in [-0.3, -0.25) is 4.79 Å².